The molecule has 8 nitrogen and oxygen atoms in total. The zero-order chi connectivity index (χ0) is 13.1. The zero-order valence-corrected chi connectivity index (χ0v) is 10.3. The minimum Gasteiger partial charge on any atom is -0.358 e. The number of hydrogen-bond acceptors (Lipinski definition) is 5. The van der Waals surface area contributed by atoms with E-state index in [1.165, 1.54) is 10.9 Å². The van der Waals surface area contributed by atoms with Gasteiger partial charge in [-0.3, -0.25) is 4.79 Å². The Kier molecular flexibility index (Phi) is 3.78. The van der Waals surface area contributed by atoms with E-state index in [4.69, 9.17) is 11.6 Å². The van der Waals surface area contributed by atoms with Gasteiger partial charge in [0, 0.05) is 26.2 Å². The fraction of sp³-hybridized carbons (Fsp3) is 0.556. The van der Waals surface area contributed by atoms with Gasteiger partial charge < -0.3 is 20.3 Å². The van der Waals surface area contributed by atoms with E-state index in [0.29, 0.717) is 13.1 Å². The number of nitrogens with zero attached hydrogens (tertiary/aromatic N) is 4. The van der Waals surface area contributed by atoms with Gasteiger partial charge in [-0.05, 0) is 4.92 Å². The lowest BCUT2D eigenvalue weighted by Gasteiger charge is -2.26. The fourth-order valence-electron chi connectivity index (χ4n) is 1.74. The van der Waals surface area contributed by atoms with E-state index >= 15 is 0 Å². The Hall–Kier alpha value is -1.67. The molecular weight excluding hydrogens is 262 g/mol. The molecule has 0 atom stereocenters. The van der Waals surface area contributed by atoms with Crippen LogP contribution in [0, 0.1) is 10.1 Å². The molecule has 1 saturated heterocycles. The molecule has 1 fully saturated rings. The first kappa shape index (κ1) is 12.8. The Bertz CT molecular complexity index is 469. The lowest BCUT2D eigenvalue weighted by Crippen LogP contribution is -2.47. The van der Waals surface area contributed by atoms with Crippen molar-refractivity contribution < 1.29 is 9.72 Å². The van der Waals surface area contributed by atoms with Crippen LogP contribution < -0.4 is 5.32 Å². The summed E-state index contributed by atoms with van der Waals surface area (Å²) in [5.74, 6) is -0.546. The van der Waals surface area contributed by atoms with Crippen molar-refractivity contribution >= 4 is 23.3 Å². The van der Waals surface area contributed by atoms with Crippen molar-refractivity contribution in [2.24, 2.45) is 0 Å². The molecule has 9 heteroatoms. The van der Waals surface area contributed by atoms with Crippen LogP contribution in [-0.4, -0.2) is 51.7 Å². The number of rotatable bonds is 3. The Balaban J connectivity index is 2.02. The number of carbonyl (C=O) groups is 1. The van der Waals surface area contributed by atoms with Gasteiger partial charge >= 0.3 is 5.82 Å². The van der Waals surface area contributed by atoms with Crippen molar-refractivity contribution in [3.63, 3.8) is 0 Å². The van der Waals surface area contributed by atoms with Crippen LogP contribution in [0.2, 0.25) is 5.02 Å². The molecule has 0 aliphatic carbocycles. The maximum absolute atomic E-state index is 11.9. The standard InChI is InChI=1S/C9H12ClN5O3/c10-7-5-14(12-9(7)15(17)18)6-8(16)13-3-1-11-2-4-13/h5,11H,1-4,6H2. The summed E-state index contributed by atoms with van der Waals surface area (Å²) in [5, 5.41) is 17.3. The molecule has 1 N–H and O–H groups in total. The van der Waals surface area contributed by atoms with E-state index in [-0.39, 0.29) is 17.5 Å². The van der Waals surface area contributed by atoms with E-state index in [9.17, 15) is 14.9 Å². The molecule has 0 saturated carbocycles. The summed E-state index contributed by atoms with van der Waals surface area (Å²) in [4.78, 5) is 23.5. The number of aromatic nitrogens is 2. The predicted octanol–water partition coefficient (Wildman–Crippen LogP) is -0.124. The van der Waals surface area contributed by atoms with Crippen LogP contribution >= 0.6 is 11.6 Å². The molecule has 1 aliphatic heterocycles. The fourth-order valence-corrected chi connectivity index (χ4v) is 1.96. The summed E-state index contributed by atoms with van der Waals surface area (Å²) < 4.78 is 1.20. The Morgan fingerprint density at radius 2 is 2.22 bits per heavy atom. The Labute approximate surface area is 108 Å². The molecule has 1 aromatic rings. The highest BCUT2D eigenvalue weighted by Crippen LogP contribution is 2.21. The molecule has 0 bridgehead atoms. The number of amides is 1. The van der Waals surface area contributed by atoms with Crippen molar-refractivity contribution in [1.82, 2.24) is 20.0 Å². The van der Waals surface area contributed by atoms with Gasteiger partial charge in [0.25, 0.3) is 0 Å². The minimum atomic E-state index is -0.672. The van der Waals surface area contributed by atoms with Gasteiger partial charge in [0.1, 0.15) is 6.54 Å². The summed E-state index contributed by atoms with van der Waals surface area (Å²) in [7, 11) is 0. The van der Waals surface area contributed by atoms with Crippen molar-refractivity contribution in [2.45, 2.75) is 6.54 Å². The average molecular weight is 274 g/mol. The lowest BCUT2D eigenvalue weighted by atomic mass is 10.3. The maximum Gasteiger partial charge on any atom is 0.408 e. The summed E-state index contributed by atoms with van der Waals surface area (Å²) in [6, 6.07) is 0. The summed E-state index contributed by atoms with van der Waals surface area (Å²) in [6.07, 6.45) is 1.29. The zero-order valence-electron chi connectivity index (χ0n) is 9.50. The summed E-state index contributed by atoms with van der Waals surface area (Å²) in [6.45, 7) is 2.75. The molecule has 1 aromatic heterocycles. The van der Waals surface area contributed by atoms with Crippen molar-refractivity contribution in [2.75, 3.05) is 26.2 Å². The third-order valence-electron chi connectivity index (χ3n) is 2.64. The molecular formula is C9H12ClN5O3. The first-order valence-corrected chi connectivity index (χ1v) is 5.81. The minimum absolute atomic E-state index is 0.0342. The largest absolute Gasteiger partial charge is 0.408 e. The van der Waals surface area contributed by atoms with Crippen LogP contribution in [0.1, 0.15) is 0 Å². The number of halogens is 1. The van der Waals surface area contributed by atoms with Crippen LogP contribution in [0.5, 0.6) is 0 Å². The molecule has 0 aromatic carbocycles. The molecule has 0 spiro atoms. The van der Waals surface area contributed by atoms with E-state index in [0.717, 1.165) is 13.1 Å². The van der Waals surface area contributed by atoms with E-state index in [1.54, 1.807) is 4.90 Å². The number of nitrogens with one attached hydrogen (secondary N) is 1. The van der Waals surface area contributed by atoms with Gasteiger partial charge in [0.05, 0.1) is 11.3 Å². The normalized spacial score (nSPS) is 15.7. The molecule has 1 amide bonds. The Morgan fingerprint density at radius 3 is 2.78 bits per heavy atom. The van der Waals surface area contributed by atoms with Gasteiger partial charge in [0.15, 0.2) is 5.02 Å². The third kappa shape index (κ3) is 2.77. The van der Waals surface area contributed by atoms with Crippen LogP contribution in [0.15, 0.2) is 6.20 Å². The van der Waals surface area contributed by atoms with E-state index < -0.39 is 10.7 Å². The number of hydrogen-bond donors (Lipinski definition) is 1. The van der Waals surface area contributed by atoms with Gasteiger partial charge in [-0.25, -0.2) is 0 Å². The van der Waals surface area contributed by atoms with Crippen LogP contribution in [-0.2, 0) is 11.3 Å². The summed E-state index contributed by atoms with van der Waals surface area (Å²) in [5.41, 5.74) is 0. The lowest BCUT2D eigenvalue weighted by molar-refractivity contribution is -0.389. The first-order valence-electron chi connectivity index (χ1n) is 5.44. The quantitative estimate of drug-likeness (QED) is 0.612. The van der Waals surface area contributed by atoms with Crippen molar-refractivity contribution in [1.29, 1.82) is 0 Å². The van der Waals surface area contributed by atoms with Gasteiger partial charge in [-0.1, -0.05) is 11.6 Å². The molecule has 2 rings (SSSR count). The van der Waals surface area contributed by atoms with Gasteiger partial charge in [-0.2, -0.15) is 4.68 Å². The smallest absolute Gasteiger partial charge is 0.358 e. The molecule has 0 unspecified atom stereocenters. The van der Waals surface area contributed by atoms with Crippen LogP contribution in [0.3, 0.4) is 0 Å². The maximum atomic E-state index is 11.9. The van der Waals surface area contributed by atoms with Crippen LogP contribution in [0.25, 0.3) is 0 Å². The SMILES string of the molecule is O=C(Cn1cc(Cl)c([N+](=O)[O-])n1)N1CCNCC1. The second-order valence-corrected chi connectivity index (χ2v) is 4.29. The average Bonchev–Trinajstić information content (AvgIpc) is 2.71. The highest BCUT2D eigenvalue weighted by atomic mass is 35.5. The van der Waals surface area contributed by atoms with Gasteiger partial charge in [0.2, 0.25) is 5.91 Å². The first-order chi connectivity index (χ1) is 8.58. The second kappa shape index (κ2) is 5.32. The third-order valence-corrected chi connectivity index (χ3v) is 2.91. The second-order valence-electron chi connectivity index (χ2n) is 3.89. The molecule has 98 valence electrons. The van der Waals surface area contributed by atoms with E-state index in [2.05, 4.69) is 10.4 Å². The molecule has 18 heavy (non-hydrogen) atoms. The van der Waals surface area contributed by atoms with Crippen molar-refractivity contribution in [3.05, 3.63) is 21.3 Å². The van der Waals surface area contributed by atoms with E-state index in [1.807, 2.05) is 0 Å². The number of piperazine rings is 1. The highest BCUT2D eigenvalue weighted by molar-refractivity contribution is 6.32. The predicted molar refractivity (Wildman–Crippen MR) is 63.3 cm³/mol. The topological polar surface area (TPSA) is 93.3 Å². The monoisotopic (exact) mass is 273 g/mol. The molecule has 1 aliphatic rings. The number of nitro groups is 1. The molecule has 2 heterocycles. The van der Waals surface area contributed by atoms with Crippen LogP contribution in [0.4, 0.5) is 5.82 Å². The van der Waals surface area contributed by atoms with Gasteiger partial charge in [-0.15, -0.1) is 0 Å². The summed E-state index contributed by atoms with van der Waals surface area (Å²) >= 11 is 5.65. The highest BCUT2D eigenvalue weighted by Gasteiger charge is 2.22. The molecule has 0 radical (unpaired) electrons. The number of carbonyl (C=O) groups excluding carboxylic acids is 1. The Morgan fingerprint density at radius 1 is 1.56 bits per heavy atom. The van der Waals surface area contributed by atoms with Crippen molar-refractivity contribution in [3.8, 4) is 0 Å².